The van der Waals surface area contributed by atoms with E-state index in [1.54, 1.807) is 18.2 Å². The molecule has 31 heavy (non-hydrogen) atoms. The lowest BCUT2D eigenvalue weighted by Crippen LogP contribution is -2.32. The molecule has 1 N–H and O–H groups in total. The smallest absolute Gasteiger partial charge is 0.265 e. The van der Waals surface area contributed by atoms with Crippen LogP contribution in [-0.2, 0) is 4.79 Å². The molecule has 0 spiro atoms. The molecule has 7 heteroatoms. The first-order chi connectivity index (χ1) is 15.1. The molecule has 1 aromatic heterocycles. The molecule has 1 amide bonds. The highest BCUT2D eigenvalue weighted by atomic mass is 19.1. The molecule has 0 saturated heterocycles. The van der Waals surface area contributed by atoms with Crippen molar-refractivity contribution in [2.24, 2.45) is 0 Å². The van der Waals surface area contributed by atoms with Crippen LogP contribution in [0.2, 0.25) is 0 Å². The second-order valence-corrected chi connectivity index (χ2v) is 6.79. The summed E-state index contributed by atoms with van der Waals surface area (Å²) in [5.41, 5.74) is 1.89. The van der Waals surface area contributed by atoms with Gasteiger partial charge in [0.25, 0.3) is 11.8 Å². The number of nitrogens with one attached hydrogen (secondary N) is 1. The van der Waals surface area contributed by atoms with Crippen LogP contribution in [-0.4, -0.2) is 22.2 Å². The van der Waals surface area contributed by atoms with Gasteiger partial charge in [-0.1, -0.05) is 37.3 Å². The van der Waals surface area contributed by atoms with Crippen molar-refractivity contribution in [3.05, 3.63) is 84.7 Å². The molecule has 0 aliphatic heterocycles. The van der Waals surface area contributed by atoms with Crippen LogP contribution in [0.25, 0.3) is 22.9 Å². The lowest BCUT2D eigenvalue weighted by atomic mass is 10.2. The van der Waals surface area contributed by atoms with Crippen LogP contribution in [0.4, 0.5) is 10.1 Å². The third-order valence-corrected chi connectivity index (χ3v) is 4.61. The molecule has 4 aromatic rings. The molecule has 6 nitrogen and oxygen atoms in total. The van der Waals surface area contributed by atoms with Gasteiger partial charge in [-0.05, 0) is 55.0 Å². The number of carbonyl (C=O) groups is 1. The summed E-state index contributed by atoms with van der Waals surface area (Å²) in [7, 11) is 0. The van der Waals surface area contributed by atoms with E-state index < -0.39 is 6.10 Å². The highest BCUT2D eigenvalue weighted by Crippen LogP contribution is 2.32. The summed E-state index contributed by atoms with van der Waals surface area (Å²) >= 11 is 0. The van der Waals surface area contributed by atoms with E-state index in [9.17, 15) is 9.18 Å². The molecule has 0 fully saturated rings. The Hall–Kier alpha value is -4.00. The molecule has 0 aliphatic carbocycles. The van der Waals surface area contributed by atoms with Gasteiger partial charge in [-0.3, -0.25) is 4.79 Å². The Morgan fingerprint density at radius 2 is 1.65 bits per heavy atom. The number of hydrogen-bond donors (Lipinski definition) is 1. The van der Waals surface area contributed by atoms with E-state index in [2.05, 4.69) is 15.5 Å². The van der Waals surface area contributed by atoms with Crippen LogP contribution < -0.4 is 10.1 Å². The summed E-state index contributed by atoms with van der Waals surface area (Å²) in [6.45, 7) is 1.84. The number of halogens is 1. The second-order valence-electron chi connectivity index (χ2n) is 6.79. The Balaban J connectivity index is 1.54. The number of nitrogens with zero attached hydrogens (tertiary/aromatic N) is 2. The van der Waals surface area contributed by atoms with E-state index >= 15 is 0 Å². The summed E-state index contributed by atoms with van der Waals surface area (Å²) in [5.74, 6) is 0.436. The molecule has 4 rings (SSSR count). The maximum atomic E-state index is 13.1. The molecule has 1 atom stereocenters. The largest absolute Gasteiger partial charge is 0.480 e. The molecule has 1 unspecified atom stereocenters. The minimum Gasteiger partial charge on any atom is -0.480 e. The normalized spacial score (nSPS) is 11.7. The van der Waals surface area contributed by atoms with E-state index in [1.165, 1.54) is 24.3 Å². The van der Waals surface area contributed by atoms with Crippen molar-refractivity contribution in [3.63, 3.8) is 0 Å². The number of ether oxygens (including phenoxy) is 1. The van der Waals surface area contributed by atoms with E-state index in [0.717, 1.165) is 5.56 Å². The van der Waals surface area contributed by atoms with Crippen molar-refractivity contribution < 1.29 is 18.3 Å². The summed E-state index contributed by atoms with van der Waals surface area (Å²) in [5, 5.41) is 11.0. The van der Waals surface area contributed by atoms with Crippen molar-refractivity contribution in [1.82, 2.24) is 10.2 Å². The van der Waals surface area contributed by atoms with Crippen molar-refractivity contribution in [3.8, 4) is 28.7 Å². The van der Waals surface area contributed by atoms with Crippen molar-refractivity contribution in [1.29, 1.82) is 0 Å². The first kappa shape index (κ1) is 20.3. The van der Waals surface area contributed by atoms with Gasteiger partial charge >= 0.3 is 0 Å². The second kappa shape index (κ2) is 9.21. The zero-order valence-electron chi connectivity index (χ0n) is 16.8. The fourth-order valence-corrected chi connectivity index (χ4v) is 3.01. The molecular weight excluding hydrogens is 397 g/mol. The lowest BCUT2D eigenvalue weighted by molar-refractivity contribution is -0.122. The average Bonchev–Trinajstić information content (AvgIpc) is 3.30. The van der Waals surface area contributed by atoms with Gasteiger partial charge in [-0.15, -0.1) is 10.2 Å². The number of benzene rings is 3. The van der Waals surface area contributed by atoms with Gasteiger partial charge in [0.05, 0.1) is 5.56 Å². The van der Waals surface area contributed by atoms with Crippen LogP contribution in [0, 0.1) is 5.82 Å². The van der Waals surface area contributed by atoms with Gasteiger partial charge in [0.2, 0.25) is 5.89 Å². The molecule has 156 valence electrons. The van der Waals surface area contributed by atoms with Gasteiger partial charge < -0.3 is 14.5 Å². The molecule has 3 aromatic carbocycles. The number of rotatable bonds is 7. The highest BCUT2D eigenvalue weighted by Gasteiger charge is 2.22. The standard InChI is InChI=1S/C24H20FN3O3/c1-2-20(22(29)26-18-14-12-17(25)13-15-18)30-21-11-7-6-10-19(21)24-28-27-23(31-24)16-8-4-3-5-9-16/h3-15,20H,2H2,1H3,(H,26,29). The predicted molar refractivity (Wildman–Crippen MR) is 115 cm³/mol. The van der Waals surface area contributed by atoms with Crippen molar-refractivity contribution in [2.75, 3.05) is 5.32 Å². The number of aromatic nitrogens is 2. The number of para-hydroxylation sites is 1. The molecule has 0 aliphatic rings. The number of hydrogen-bond acceptors (Lipinski definition) is 5. The van der Waals surface area contributed by atoms with E-state index in [1.807, 2.05) is 43.3 Å². The van der Waals surface area contributed by atoms with Gasteiger partial charge in [0.1, 0.15) is 11.6 Å². The van der Waals surface area contributed by atoms with Gasteiger partial charge in [0, 0.05) is 11.3 Å². The number of carbonyl (C=O) groups excluding carboxylic acids is 1. The molecule has 0 saturated carbocycles. The fraction of sp³-hybridized carbons (Fsp3) is 0.125. The topological polar surface area (TPSA) is 77.2 Å². The van der Waals surface area contributed by atoms with E-state index in [4.69, 9.17) is 9.15 Å². The van der Waals surface area contributed by atoms with Gasteiger partial charge in [-0.2, -0.15) is 0 Å². The summed E-state index contributed by atoms with van der Waals surface area (Å²) < 4.78 is 24.9. The van der Waals surface area contributed by atoms with Crippen molar-refractivity contribution >= 4 is 11.6 Å². The SMILES string of the molecule is CCC(Oc1ccccc1-c1nnc(-c2ccccc2)o1)C(=O)Nc1ccc(F)cc1. The molecule has 1 heterocycles. The Bertz CT molecular complexity index is 1160. The van der Waals surface area contributed by atoms with Crippen LogP contribution >= 0.6 is 0 Å². The first-order valence-corrected chi connectivity index (χ1v) is 9.85. The molecule has 0 radical (unpaired) electrons. The monoisotopic (exact) mass is 417 g/mol. The van der Waals surface area contributed by atoms with Gasteiger partial charge in [0.15, 0.2) is 6.10 Å². The molecule has 0 bridgehead atoms. The number of amides is 1. The van der Waals surface area contributed by atoms with Crippen LogP contribution in [0.5, 0.6) is 5.75 Å². The summed E-state index contributed by atoms with van der Waals surface area (Å²) in [6, 6.07) is 22.2. The van der Waals surface area contributed by atoms with E-state index in [0.29, 0.717) is 35.2 Å². The Labute approximate surface area is 178 Å². The van der Waals surface area contributed by atoms with Crippen LogP contribution in [0.1, 0.15) is 13.3 Å². The zero-order valence-corrected chi connectivity index (χ0v) is 16.8. The third kappa shape index (κ3) is 4.78. The first-order valence-electron chi connectivity index (χ1n) is 9.85. The zero-order chi connectivity index (χ0) is 21.6. The minimum absolute atomic E-state index is 0.295. The third-order valence-electron chi connectivity index (χ3n) is 4.61. The number of anilines is 1. The van der Waals surface area contributed by atoms with Crippen molar-refractivity contribution in [2.45, 2.75) is 19.4 Å². The Morgan fingerprint density at radius 1 is 0.968 bits per heavy atom. The Morgan fingerprint density at radius 3 is 2.39 bits per heavy atom. The minimum atomic E-state index is -0.761. The van der Waals surface area contributed by atoms with Crippen LogP contribution in [0.3, 0.4) is 0 Å². The van der Waals surface area contributed by atoms with Gasteiger partial charge in [-0.25, -0.2) is 4.39 Å². The summed E-state index contributed by atoms with van der Waals surface area (Å²) in [6.07, 6.45) is -0.330. The molecular formula is C24H20FN3O3. The predicted octanol–water partition coefficient (Wildman–Crippen LogP) is 5.34. The van der Waals surface area contributed by atoms with E-state index in [-0.39, 0.29) is 11.7 Å². The quantitative estimate of drug-likeness (QED) is 0.439. The maximum Gasteiger partial charge on any atom is 0.265 e. The fourth-order valence-electron chi connectivity index (χ4n) is 3.01. The average molecular weight is 417 g/mol. The summed E-state index contributed by atoms with van der Waals surface area (Å²) in [4.78, 5) is 12.7. The lowest BCUT2D eigenvalue weighted by Gasteiger charge is -2.18. The highest BCUT2D eigenvalue weighted by molar-refractivity contribution is 5.94. The maximum absolute atomic E-state index is 13.1. The van der Waals surface area contributed by atoms with Crippen LogP contribution in [0.15, 0.2) is 83.3 Å². The Kier molecular flexibility index (Phi) is 6.03.